The van der Waals surface area contributed by atoms with E-state index in [9.17, 15) is 13.2 Å². The SMILES string of the molecule is Cn1cc(C(N)C(=O)CCS(=O)(=O)C(C)(C)C)cn1. The molecule has 0 aromatic carbocycles. The molecular weight excluding hydrogens is 266 g/mol. The Labute approximate surface area is 113 Å². The second kappa shape index (κ2) is 5.42. The molecular formula is C12H21N3O3S. The van der Waals surface area contributed by atoms with Gasteiger partial charge in [-0.25, -0.2) is 8.42 Å². The number of aryl methyl sites for hydroxylation is 1. The van der Waals surface area contributed by atoms with E-state index in [4.69, 9.17) is 5.73 Å². The van der Waals surface area contributed by atoms with E-state index < -0.39 is 20.6 Å². The number of sulfone groups is 1. The maximum atomic E-state index is 11.9. The summed E-state index contributed by atoms with van der Waals surface area (Å²) >= 11 is 0. The maximum Gasteiger partial charge on any atom is 0.155 e. The van der Waals surface area contributed by atoms with Gasteiger partial charge < -0.3 is 5.73 Å². The van der Waals surface area contributed by atoms with Gasteiger partial charge in [0.2, 0.25) is 0 Å². The van der Waals surface area contributed by atoms with Crippen LogP contribution in [0, 0.1) is 0 Å². The highest BCUT2D eigenvalue weighted by molar-refractivity contribution is 7.92. The average Bonchev–Trinajstić information content (AvgIpc) is 2.70. The van der Waals surface area contributed by atoms with E-state index in [-0.39, 0.29) is 18.0 Å². The van der Waals surface area contributed by atoms with Crippen LogP contribution < -0.4 is 5.73 Å². The van der Waals surface area contributed by atoms with E-state index >= 15 is 0 Å². The lowest BCUT2D eigenvalue weighted by atomic mass is 10.1. The van der Waals surface area contributed by atoms with E-state index in [0.717, 1.165) is 0 Å². The number of nitrogens with two attached hydrogens (primary N) is 1. The standard InChI is InChI=1S/C12H21N3O3S/c1-12(2,3)19(17,18)6-5-10(16)11(13)9-7-14-15(4)8-9/h7-8,11H,5-6,13H2,1-4H3. The average molecular weight is 287 g/mol. The Kier molecular flexibility index (Phi) is 4.52. The molecule has 1 unspecified atom stereocenters. The molecule has 1 rings (SSSR count). The van der Waals surface area contributed by atoms with Crippen molar-refractivity contribution in [1.82, 2.24) is 9.78 Å². The van der Waals surface area contributed by atoms with Gasteiger partial charge in [0.05, 0.1) is 22.7 Å². The van der Waals surface area contributed by atoms with Gasteiger partial charge >= 0.3 is 0 Å². The molecule has 1 aromatic rings. The van der Waals surface area contributed by atoms with E-state index in [2.05, 4.69) is 5.10 Å². The fourth-order valence-electron chi connectivity index (χ4n) is 1.48. The zero-order chi connectivity index (χ0) is 14.8. The van der Waals surface area contributed by atoms with E-state index in [0.29, 0.717) is 5.56 Å². The molecule has 19 heavy (non-hydrogen) atoms. The molecule has 0 aliphatic rings. The quantitative estimate of drug-likeness (QED) is 0.855. The van der Waals surface area contributed by atoms with Crippen molar-refractivity contribution in [1.29, 1.82) is 0 Å². The minimum atomic E-state index is -3.30. The van der Waals surface area contributed by atoms with Crippen LogP contribution in [0.4, 0.5) is 0 Å². The van der Waals surface area contributed by atoms with Crippen LogP contribution in [0.1, 0.15) is 38.8 Å². The highest BCUT2D eigenvalue weighted by Crippen LogP contribution is 2.18. The molecule has 0 radical (unpaired) electrons. The van der Waals surface area contributed by atoms with Crippen molar-refractivity contribution in [2.24, 2.45) is 12.8 Å². The van der Waals surface area contributed by atoms with Crippen molar-refractivity contribution in [3.63, 3.8) is 0 Å². The van der Waals surface area contributed by atoms with Crippen LogP contribution in [0.2, 0.25) is 0 Å². The van der Waals surface area contributed by atoms with Crippen molar-refractivity contribution in [2.45, 2.75) is 38.0 Å². The first-order valence-corrected chi connectivity index (χ1v) is 7.69. The number of Topliss-reactive ketones (excluding diaryl/α,β-unsaturated/α-hetero) is 1. The second-order valence-electron chi connectivity index (χ2n) is 5.57. The van der Waals surface area contributed by atoms with Crippen LogP contribution in [-0.2, 0) is 21.7 Å². The Balaban J connectivity index is 2.67. The summed E-state index contributed by atoms with van der Waals surface area (Å²) in [5.74, 6) is -0.468. The van der Waals surface area contributed by atoms with Crippen molar-refractivity contribution in [2.75, 3.05) is 5.75 Å². The van der Waals surface area contributed by atoms with Crippen molar-refractivity contribution >= 4 is 15.6 Å². The Morgan fingerprint density at radius 1 is 1.47 bits per heavy atom. The first-order valence-electron chi connectivity index (χ1n) is 6.04. The van der Waals surface area contributed by atoms with Crippen LogP contribution in [0.5, 0.6) is 0 Å². The van der Waals surface area contributed by atoms with Gasteiger partial charge in [0.1, 0.15) is 0 Å². The summed E-state index contributed by atoms with van der Waals surface area (Å²) in [6.07, 6.45) is 3.09. The van der Waals surface area contributed by atoms with Crippen LogP contribution >= 0.6 is 0 Å². The van der Waals surface area contributed by atoms with Crippen LogP contribution in [0.25, 0.3) is 0 Å². The number of carbonyl (C=O) groups is 1. The molecule has 1 heterocycles. The summed E-state index contributed by atoms with van der Waals surface area (Å²) in [5, 5.41) is 3.93. The molecule has 6 nitrogen and oxygen atoms in total. The molecule has 0 fully saturated rings. The minimum Gasteiger partial charge on any atom is -0.318 e. The van der Waals surface area contributed by atoms with Crippen molar-refractivity contribution in [3.8, 4) is 0 Å². The first-order chi connectivity index (χ1) is 8.54. The summed E-state index contributed by atoms with van der Waals surface area (Å²) in [4.78, 5) is 11.9. The van der Waals surface area contributed by atoms with Gasteiger partial charge in [-0.1, -0.05) is 0 Å². The van der Waals surface area contributed by atoms with Gasteiger partial charge in [-0.15, -0.1) is 0 Å². The zero-order valence-corrected chi connectivity index (χ0v) is 12.6. The summed E-state index contributed by atoms with van der Waals surface area (Å²) in [6.45, 7) is 4.86. The molecule has 108 valence electrons. The molecule has 1 atom stereocenters. The summed E-state index contributed by atoms with van der Waals surface area (Å²) in [5.41, 5.74) is 6.39. The minimum absolute atomic E-state index is 0.0737. The van der Waals surface area contributed by atoms with Gasteiger partial charge in [-0.3, -0.25) is 9.48 Å². The third-order valence-electron chi connectivity index (χ3n) is 2.98. The first kappa shape index (κ1) is 15.8. The molecule has 0 saturated heterocycles. The molecule has 0 spiro atoms. The van der Waals surface area contributed by atoms with Gasteiger partial charge in [0, 0.05) is 25.2 Å². The largest absolute Gasteiger partial charge is 0.318 e. The van der Waals surface area contributed by atoms with Gasteiger partial charge in [-0.05, 0) is 20.8 Å². The molecule has 2 N–H and O–H groups in total. The lowest BCUT2D eigenvalue weighted by molar-refractivity contribution is -0.120. The number of nitrogens with zero attached hydrogens (tertiary/aromatic N) is 2. The third-order valence-corrected chi connectivity index (χ3v) is 5.59. The summed E-state index contributed by atoms with van der Waals surface area (Å²) in [7, 11) is -1.57. The number of aromatic nitrogens is 2. The van der Waals surface area contributed by atoms with Crippen molar-refractivity contribution in [3.05, 3.63) is 18.0 Å². The van der Waals surface area contributed by atoms with E-state index in [1.54, 1.807) is 38.7 Å². The molecule has 1 aromatic heterocycles. The van der Waals surface area contributed by atoms with Crippen molar-refractivity contribution < 1.29 is 13.2 Å². The summed E-state index contributed by atoms with van der Waals surface area (Å²) < 4.78 is 24.5. The Bertz CT molecular complexity index is 555. The fraction of sp³-hybridized carbons (Fsp3) is 0.667. The lowest BCUT2D eigenvalue weighted by Gasteiger charge is -2.19. The van der Waals surface area contributed by atoms with E-state index in [1.807, 2.05) is 0 Å². The topological polar surface area (TPSA) is 95.0 Å². The van der Waals surface area contributed by atoms with Gasteiger partial charge in [-0.2, -0.15) is 5.10 Å². The molecule has 0 bridgehead atoms. The number of rotatable bonds is 5. The van der Waals surface area contributed by atoms with Crippen LogP contribution in [0.15, 0.2) is 12.4 Å². The third kappa shape index (κ3) is 3.87. The normalized spacial score (nSPS) is 14.4. The molecule has 0 amide bonds. The van der Waals surface area contributed by atoms with E-state index in [1.165, 1.54) is 6.20 Å². The predicted molar refractivity (Wildman–Crippen MR) is 73.3 cm³/mol. The maximum absolute atomic E-state index is 11.9. The smallest absolute Gasteiger partial charge is 0.155 e. The Morgan fingerprint density at radius 3 is 2.47 bits per heavy atom. The number of ketones is 1. The van der Waals surface area contributed by atoms with Crippen LogP contribution in [0.3, 0.4) is 0 Å². The molecule has 0 saturated carbocycles. The highest BCUT2D eigenvalue weighted by Gasteiger charge is 2.30. The molecule has 7 heteroatoms. The highest BCUT2D eigenvalue weighted by atomic mass is 32.2. The lowest BCUT2D eigenvalue weighted by Crippen LogP contribution is -2.32. The summed E-state index contributed by atoms with van der Waals surface area (Å²) in [6, 6.07) is -0.816. The number of hydrogen-bond donors (Lipinski definition) is 1. The molecule has 0 aliphatic heterocycles. The van der Waals surface area contributed by atoms with Gasteiger partial charge in [0.25, 0.3) is 0 Å². The van der Waals surface area contributed by atoms with Gasteiger partial charge in [0.15, 0.2) is 15.6 Å². The second-order valence-corrected chi connectivity index (χ2v) is 8.44. The Hall–Kier alpha value is -1.21. The molecule has 0 aliphatic carbocycles. The van der Waals surface area contributed by atoms with Crippen LogP contribution in [-0.4, -0.2) is 34.5 Å². The predicted octanol–water partition coefficient (Wildman–Crippen LogP) is 0.592. The number of carbonyl (C=O) groups excluding carboxylic acids is 1. The monoisotopic (exact) mass is 287 g/mol. The Morgan fingerprint density at radius 2 is 2.05 bits per heavy atom. The number of hydrogen-bond acceptors (Lipinski definition) is 5. The fourth-order valence-corrected chi connectivity index (χ4v) is 2.57. The zero-order valence-electron chi connectivity index (χ0n) is 11.8.